The monoisotopic (exact) mass is 279 g/mol. The summed E-state index contributed by atoms with van der Waals surface area (Å²) >= 11 is 1.34. The number of anilines is 1. The van der Waals surface area contributed by atoms with Gasteiger partial charge in [-0.2, -0.15) is 0 Å². The number of hydrogen-bond donors (Lipinski definition) is 1. The molecule has 0 aliphatic rings. The molecule has 0 saturated carbocycles. The Hall–Kier alpha value is -1.66. The van der Waals surface area contributed by atoms with Gasteiger partial charge in [0, 0.05) is 31.8 Å². The fourth-order valence-electron chi connectivity index (χ4n) is 1.86. The van der Waals surface area contributed by atoms with Crippen LogP contribution in [0.1, 0.15) is 16.6 Å². The third-order valence-corrected chi connectivity index (χ3v) is 4.05. The average Bonchev–Trinajstić information content (AvgIpc) is 2.77. The molecule has 2 aromatic heterocycles. The van der Waals surface area contributed by atoms with Gasteiger partial charge in [0.2, 0.25) is 0 Å². The van der Waals surface area contributed by atoms with Gasteiger partial charge in [0.1, 0.15) is 9.71 Å². The van der Waals surface area contributed by atoms with E-state index in [2.05, 4.69) is 4.98 Å². The number of pyridine rings is 1. The summed E-state index contributed by atoms with van der Waals surface area (Å²) in [4.78, 5) is 19.8. The number of carbonyl (C=O) groups is 1. The van der Waals surface area contributed by atoms with Crippen LogP contribution in [-0.4, -0.2) is 42.6 Å². The van der Waals surface area contributed by atoms with Gasteiger partial charge >= 0.3 is 0 Å². The van der Waals surface area contributed by atoms with Crippen LogP contribution >= 0.6 is 11.3 Å². The number of fused-ring (bicyclic) bond motifs is 1. The largest absolute Gasteiger partial charge is 0.397 e. The molecule has 0 aliphatic heterocycles. The van der Waals surface area contributed by atoms with Gasteiger partial charge in [-0.25, -0.2) is 4.98 Å². The first kappa shape index (κ1) is 13.8. The standard InChI is InChI=1S/C13H17N3O2S/c1-3-16(7-8-18-2)13(17)11-10(14)9-5-4-6-15-12(9)19-11/h4-6H,3,7-8,14H2,1-2H3. The molecule has 2 aromatic rings. The van der Waals surface area contributed by atoms with Crippen LogP contribution in [-0.2, 0) is 4.74 Å². The Kier molecular flexibility index (Phi) is 4.34. The van der Waals surface area contributed by atoms with Gasteiger partial charge in [-0.1, -0.05) is 0 Å². The lowest BCUT2D eigenvalue weighted by atomic mass is 10.2. The number of aromatic nitrogens is 1. The van der Waals surface area contributed by atoms with Crippen LogP contribution < -0.4 is 5.73 Å². The van der Waals surface area contributed by atoms with Crippen molar-refractivity contribution in [1.82, 2.24) is 9.88 Å². The van der Waals surface area contributed by atoms with E-state index in [4.69, 9.17) is 10.5 Å². The molecule has 0 atom stereocenters. The number of nitrogen functional groups attached to an aromatic ring is 1. The Balaban J connectivity index is 2.32. The number of carbonyl (C=O) groups excluding carboxylic acids is 1. The van der Waals surface area contributed by atoms with Crippen LogP contribution in [0, 0.1) is 0 Å². The molecule has 0 fully saturated rings. The molecule has 0 saturated heterocycles. The van der Waals surface area contributed by atoms with E-state index in [1.54, 1.807) is 18.2 Å². The predicted molar refractivity (Wildman–Crippen MR) is 77.5 cm³/mol. The van der Waals surface area contributed by atoms with Gasteiger partial charge < -0.3 is 15.4 Å². The number of hydrogen-bond acceptors (Lipinski definition) is 5. The van der Waals surface area contributed by atoms with Crippen LogP contribution in [0.25, 0.3) is 10.2 Å². The van der Waals surface area contributed by atoms with E-state index in [0.717, 1.165) is 10.2 Å². The second-order valence-electron chi connectivity index (χ2n) is 4.08. The smallest absolute Gasteiger partial charge is 0.266 e. The Bertz CT molecular complexity index is 582. The first-order valence-electron chi connectivity index (χ1n) is 6.10. The van der Waals surface area contributed by atoms with Crippen molar-refractivity contribution in [2.45, 2.75) is 6.92 Å². The summed E-state index contributed by atoms with van der Waals surface area (Å²) in [5.74, 6) is -0.0555. The van der Waals surface area contributed by atoms with Crippen molar-refractivity contribution in [1.29, 1.82) is 0 Å². The lowest BCUT2D eigenvalue weighted by molar-refractivity contribution is 0.0712. The lowest BCUT2D eigenvalue weighted by Gasteiger charge is -2.19. The van der Waals surface area contributed by atoms with Crippen LogP contribution in [0.2, 0.25) is 0 Å². The van der Waals surface area contributed by atoms with Crippen LogP contribution in [0.5, 0.6) is 0 Å². The molecule has 5 nitrogen and oxygen atoms in total. The fraction of sp³-hybridized carbons (Fsp3) is 0.385. The molecule has 2 N–H and O–H groups in total. The van der Waals surface area contributed by atoms with E-state index in [1.807, 2.05) is 19.1 Å². The maximum absolute atomic E-state index is 12.4. The quantitative estimate of drug-likeness (QED) is 0.908. The van der Waals surface area contributed by atoms with Crippen molar-refractivity contribution in [3.8, 4) is 0 Å². The highest BCUT2D eigenvalue weighted by molar-refractivity contribution is 7.21. The fourth-order valence-corrected chi connectivity index (χ4v) is 2.89. The highest BCUT2D eigenvalue weighted by atomic mass is 32.1. The van der Waals surface area contributed by atoms with Crippen molar-refractivity contribution in [3.05, 3.63) is 23.2 Å². The SMILES string of the molecule is CCN(CCOC)C(=O)c1sc2ncccc2c1N. The number of amides is 1. The summed E-state index contributed by atoms with van der Waals surface area (Å²) in [5.41, 5.74) is 6.57. The molecular formula is C13H17N3O2S. The highest BCUT2D eigenvalue weighted by Gasteiger charge is 2.21. The highest BCUT2D eigenvalue weighted by Crippen LogP contribution is 2.32. The summed E-state index contributed by atoms with van der Waals surface area (Å²) in [6.45, 7) is 3.65. The summed E-state index contributed by atoms with van der Waals surface area (Å²) in [6.07, 6.45) is 1.70. The minimum absolute atomic E-state index is 0.0555. The normalized spacial score (nSPS) is 10.8. The van der Waals surface area contributed by atoms with Crippen molar-refractivity contribution in [2.24, 2.45) is 0 Å². The molecule has 19 heavy (non-hydrogen) atoms. The summed E-state index contributed by atoms with van der Waals surface area (Å²) in [5, 5.41) is 0.846. The van der Waals surface area contributed by atoms with Gasteiger partial charge in [-0.3, -0.25) is 4.79 Å². The number of nitrogens with zero attached hydrogens (tertiary/aromatic N) is 2. The van der Waals surface area contributed by atoms with Crippen molar-refractivity contribution in [2.75, 3.05) is 32.5 Å². The third-order valence-electron chi connectivity index (χ3n) is 2.93. The summed E-state index contributed by atoms with van der Waals surface area (Å²) < 4.78 is 5.02. The summed E-state index contributed by atoms with van der Waals surface area (Å²) in [7, 11) is 1.62. The maximum Gasteiger partial charge on any atom is 0.266 e. The minimum atomic E-state index is -0.0555. The first-order valence-corrected chi connectivity index (χ1v) is 6.91. The molecule has 6 heteroatoms. The average molecular weight is 279 g/mol. The third kappa shape index (κ3) is 2.69. The lowest BCUT2D eigenvalue weighted by Crippen LogP contribution is -2.33. The molecule has 2 rings (SSSR count). The molecule has 1 amide bonds. The topological polar surface area (TPSA) is 68.5 Å². The van der Waals surface area contributed by atoms with Gasteiger partial charge in [0.05, 0.1) is 12.3 Å². The number of nitrogens with two attached hydrogens (primary N) is 1. The van der Waals surface area contributed by atoms with Gasteiger partial charge in [-0.15, -0.1) is 11.3 Å². The van der Waals surface area contributed by atoms with Gasteiger partial charge in [0.15, 0.2) is 0 Å². The van der Waals surface area contributed by atoms with Crippen LogP contribution in [0.15, 0.2) is 18.3 Å². The molecule has 102 valence electrons. The summed E-state index contributed by atoms with van der Waals surface area (Å²) in [6, 6.07) is 3.71. The van der Waals surface area contributed by atoms with Gasteiger partial charge in [0.25, 0.3) is 5.91 Å². The van der Waals surface area contributed by atoms with Crippen molar-refractivity contribution in [3.63, 3.8) is 0 Å². The molecular weight excluding hydrogens is 262 g/mol. The Morgan fingerprint density at radius 1 is 1.58 bits per heavy atom. The van der Waals surface area contributed by atoms with E-state index in [0.29, 0.717) is 30.3 Å². The second-order valence-corrected chi connectivity index (χ2v) is 5.08. The minimum Gasteiger partial charge on any atom is -0.397 e. The number of methoxy groups -OCH3 is 1. The van der Waals surface area contributed by atoms with E-state index in [9.17, 15) is 4.79 Å². The molecule has 0 unspecified atom stereocenters. The molecule has 0 aromatic carbocycles. The van der Waals surface area contributed by atoms with E-state index in [1.165, 1.54) is 11.3 Å². The number of likely N-dealkylation sites (N-methyl/N-ethyl adjacent to an activating group) is 1. The van der Waals surface area contributed by atoms with E-state index in [-0.39, 0.29) is 5.91 Å². The zero-order valence-corrected chi connectivity index (χ0v) is 11.9. The van der Waals surface area contributed by atoms with E-state index < -0.39 is 0 Å². The van der Waals surface area contributed by atoms with Crippen molar-refractivity contribution < 1.29 is 9.53 Å². The Labute approximate surface area is 116 Å². The number of thiophene rings is 1. The second kappa shape index (κ2) is 5.99. The first-order chi connectivity index (χ1) is 9.19. The van der Waals surface area contributed by atoms with Crippen molar-refractivity contribution >= 4 is 33.1 Å². The molecule has 0 radical (unpaired) electrons. The molecule has 2 heterocycles. The Morgan fingerprint density at radius 2 is 2.37 bits per heavy atom. The molecule has 0 bridgehead atoms. The Morgan fingerprint density at radius 3 is 3.00 bits per heavy atom. The zero-order chi connectivity index (χ0) is 13.8. The molecule has 0 spiro atoms. The van der Waals surface area contributed by atoms with E-state index >= 15 is 0 Å². The zero-order valence-electron chi connectivity index (χ0n) is 11.0. The maximum atomic E-state index is 12.4. The number of ether oxygens (including phenoxy) is 1. The van der Waals surface area contributed by atoms with Crippen LogP contribution in [0.4, 0.5) is 5.69 Å². The number of rotatable bonds is 5. The van der Waals surface area contributed by atoms with Gasteiger partial charge in [-0.05, 0) is 19.1 Å². The molecule has 0 aliphatic carbocycles. The predicted octanol–water partition coefficient (Wildman–Crippen LogP) is 1.99. The van der Waals surface area contributed by atoms with Crippen LogP contribution in [0.3, 0.4) is 0 Å².